The second-order valence-electron chi connectivity index (χ2n) is 5.12. The third-order valence-electron chi connectivity index (χ3n) is 3.59. The first-order valence-corrected chi connectivity index (χ1v) is 7.34. The number of hydrogen-bond donors (Lipinski definition) is 2. The topological polar surface area (TPSA) is 67.2 Å². The quantitative estimate of drug-likeness (QED) is 0.760. The summed E-state index contributed by atoms with van der Waals surface area (Å²) in [6.07, 6.45) is 3.24. The number of nitrogens with one attached hydrogen (secondary N) is 1. The zero-order valence-electron chi connectivity index (χ0n) is 12.5. The SMILES string of the molecule is O=C(NCc1ccccc1CO)c1cnn(-c2ccccc2)c1. The lowest BCUT2D eigenvalue weighted by Gasteiger charge is -2.08. The minimum absolute atomic E-state index is 0.0437. The summed E-state index contributed by atoms with van der Waals surface area (Å²) in [7, 11) is 0. The van der Waals surface area contributed by atoms with Crippen LogP contribution in [0, 0.1) is 0 Å². The van der Waals surface area contributed by atoms with Gasteiger partial charge in [-0.25, -0.2) is 4.68 Å². The summed E-state index contributed by atoms with van der Waals surface area (Å²) in [5, 5.41) is 16.4. The van der Waals surface area contributed by atoms with Crippen LogP contribution in [0.15, 0.2) is 67.0 Å². The summed E-state index contributed by atoms with van der Waals surface area (Å²) >= 11 is 0. The van der Waals surface area contributed by atoms with E-state index >= 15 is 0 Å². The predicted octanol–water partition coefficient (Wildman–Crippen LogP) is 2.29. The maximum absolute atomic E-state index is 12.2. The van der Waals surface area contributed by atoms with Gasteiger partial charge in [0.2, 0.25) is 0 Å². The van der Waals surface area contributed by atoms with E-state index < -0.39 is 0 Å². The fraction of sp³-hybridized carbons (Fsp3) is 0.111. The Balaban J connectivity index is 1.68. The van der Waals surface area contributed by atoms with E-state index in [-0.39, 0.29) is 12.5 Å². The van der Waals surface area contributed by atoms with Gasteiger partial charge in [-0.1, -0.05) is 42.5 Å². The highest BCUT2D eigenvalue weighted by Crippen LogP contribution is 2.10. The zero-order valence-corrected chi connectivity index (χ0v) is 12.5. The molecule has 116 valence electrons. The Hall–Kier alpha value is -2.92. The first-order valence-electron chi connectivity index (χ1n) is 7.34. The van der Waals surface area contributed by atoms with Gasteiger partial charge in [0.15, 0.2) is 0 Å². The first kappa shape index (κ1) is 15.0. The summed E-state index contributed by atoms with van der Waals surface area (Å²) in [6, 6.07) is 17.1. The van der Waals surface area contributed by atoms with Gasteiger partial charge in [-0.3, -0.25) is 4.79 Å². The van der Waals surface area contributed by atoms with Crippen LogP contribution in [-0.4, -0.2) is 20.8 Å². The number of carbonyl (C=O) groups is 1. The van der Waals surface area contributed by atoms with Crippen molar-refractivity contribution in [1.29, 1.82) is 0 Å². The Morgan fingerprint density at radius 3 is 2.48 bits per heavy atom. The van der Waals surface area contributed by atoms with E-state index in [0.29, 0.717) is 12.1 Å². The molecule has 3 aromatic rings. The van der Waals surface area contributed by atoms with Crippen molar-refractivity contribution in [2.45, 2.75) is 13.2 Å². The Labute approximate surface area is 134 Å². The molecule has 2 N–H and O–H groups in total. The Bertz CT molecular complexity index is 797. The number of aliphatic hydroxyl groups excluding tert-OH is 1. The van der Waals surface area contributed by atoms with Gasteiger partial charge in [-0.05, 0) is 23.3 Å². The van der Waals surface area contributed by atoms with E-state index in [4.69, 9.17) is 0 Å². The fourth-order valence-corrected chi connectivity index (χ4v) is 2.32. The van der Waals surface area contributed by atoms with Crippen molar-refractivity contribution >= 4 is 5.91 Å². The van der Waals surface area contributed by atoms with Crippen LogP contribution in [-0.2, 0) is 13.2 Å². The minimum atomic E-state index is -0.195. The van der Waals surface area contributed by atoms with Crippen molar-refractivity contribution in [2.75, 3.05) is 0 Å². The maximum Gasteiger partial charge on any atom is 0.254 e. The first-order chi connectivity index (χ1) is 11.3. The van der Waals surface area contributed by atoms with Crippen molar-refractivity contribution in [2.24, 2.45) is 0 Å². The highest BCUT2D eigenvalue weighted by atomic mass is 16.3. The molecule has 1 amide bonds. The standard InChI is InChI=1S/C18H17N3O2/c22-13-15-7-5-4-6-14(15)10-19-18(23)16-11-20-21(12-16)17-8-2-1-3-9-17/h1-9,11-12,22H,10,13H2,(H,19,23). The third-order valence-corrected chi connectivity index (χ3v) is 3.59. The number of rotatable bonds is 5. The molecule has 2 aromatic carbocycles. The highest BCUT2D eigenvalue weighted by molar-refractivity contribution is 5.93. The molecule has 0 aliphatic carbocycles. The van der Waals surface area contributed by atoms with Crippen molar-refractivity contribution in [3.8, 4) is 5.69 Å². The van der Waals surface area contributed by atoms with Crippen LogP contribution in [0.5, 0.6) is 0 Å². The van der Waals surface area contributed by atoms with Crippen LogP contribution in [0.3, 0.4) is 0 Å². The zero-order chi connectivity index (χ0) is 16.1. The van der Waals surface area contributed by atoms with E-state index in [1.54, 1.807) is 17.1 Å². The number of aliphatic hydroxyl groups is 1. The highest BCUT2D eigenvalue weighted by Gasteiger charge is 2.10. The Kier molecular flexibility index (Phi) is 4.49. The van der Waals surface area contributed by atoms with Gasteiger partial charge < -0.3 is 10.4 Å². The van der Waals surface area contributed by atoms with Crippen LogP contribution in [0.25, 0.3) is 5.69 Å². The van der Waals surface area contributed by atoms with Gasteiger partial charge in [-0.2, -0.15) is 5.10 Å². The molecule has 1 heterocycles. The molecule has 0 fully saturated rings. The van der Waals surface area contributed by atoms with E-state index in [1.807, 2.05) is 54.6 Å². The Morgan fingerprint density at radius 2 is 1.74 bits per heavy atom. The van der Waals surface area contributed by atoms with E-state index in [9.17, 15) is 9.90 Å². The summed E-state index contributed by atoms with van der Waals surface area (Å²) in [5.41, 5.74) is 3.11. The van der Waals surface area contributed by atoms with Gasteiger partial charge in [0.05, 0.1) is 24.1 Å². The normalized spacial score (nSPS) is 10.5. The second-order valence-corrected chi connectivity index (χ2v) is 5.12. The van der Waals surface area contributed by atoms with Crippen molar-refractivity contribution < 1.29 is 9.90 Å². The van der Waals surface area contributed by atoms with Gasteiger partial charge in [0.1, 0.15) is 0 Å². The number of aromatic nitrogens is 2. The summed E-state index contributed by atoms with van der Waals surface area (Å²) < 4.78 is 1.66. The molecule has 0 atom stereocenters. The molecule has 23 heavy (non-hydrogen) atoms. The van der Waals surface area contributed by atoms with Crippen LogP contribution in [0.1, 0.15) is 21.5 Å². The molecule has 5 heteroatoms. The number of amides is 1. The summed E-state index contributed by atoms with van der Waals surface area (Å²) in [4.78, 5) is 12.2. The average molecular weight is 307 g/mol. The van der Waals surface area contributed by atoms with Crippen LogP contribution in [0.2, 0.25) is 0 Å². The van der Waals surface area contributed by atoms with Crippen LogP contribution in [0.4, 0.5) is 0 Å². The lowest BCUT2D eigenvalue weighted by Crippen LogP contribution is -2.23. The maximum atomic E-state index is 12.2. The lowest BCUT2D eigenvalue weighted by atomic mass is 10.1. The molecule has 0 radical (unpaired) electrons. The molecule has 0 saturated heterocycles. The smallest absolute Gasteiger partial charge is 0.254 e. The van der Waals surface area contributed by atoms with Crippen molar-refractivity contribution in [3.63, 3.8) is 0 Å². The third kappa shape index (κ3) is 3.46. The van der Waals surface area contributed by atoms with E-state index in [2.05, 4.69) is 10.4 Å². The van der Waals surface area contributed by atoms with E-state index in [1.165, 1.54) is 0 Å². The lowest BCUT2D eigenvalue weighted by molar-refractivity contribution is 0.0950. The molecule has 0 saturated carbocycles. The number of hydrogen-bond acceptors (Lipinski definition) is 3. The number of nitrogens with zero attached hydrogens (tertiary/aromatic N) is 2. The number of para-hydroxylation sites is 1. The number of carbonyl (C=O) groups excluding carboxylic acids is 1. The summed E-state index contributed by atoms with van der Waals surface area (Å²) in [5.74, 6) is -0.195. The molecular weight excluding hydrogens is 290 g/mol. The van der Waals surface area contributed by atoms with Crippen molar-refractivity contribution in [1.82, 2.24) is 15.1 Å². The molecule has 5 nitrogen and oxygen atoms in total. The molecule has 0 bridgehead atoms. The molecule has 0 spiro atoms. The van der Waals surface area contributed by atoms with Gasteiger partial charge in [0.25, 0.3) is 5.91 Å². The molecule has 0 aliphatic rings. The largest absolute Gasteiger partial charge is 0.392 e. The minimum Gasteiger partial charge on any atom is -0.392 e. The van der Waals surface area contributed by atoms with Crippen LogP contribution < -0.4 is 5.32 Å². The predicted molar refractivity (Wildman–Crippen MR) is 87.1 cm³/mol. The fourth-order valence-electron chi connectivity index (χ4n) is 2.32. The second kappa shape index (κ2) is 6.89. The average Bonchev–Trinajstić information content (AvgIpc) is 3.11. The molecule has 0 unspecified atom stereocenters. The Morgan fingerprint density at radius 1 is 1.04 bits per heavy atom. The number of benzene rings is 2. The monoisotopic (exact) mass is 307 g/mol. The van der Waals surface area contributed by atoms with Gasteiger partial charge >= 0.3 is 0 Å². The molecular formula is C18H17N3O2. The molecule has 0 aliphatic heterocycles. The van der Waals surface area contributed by atoms with E-state index in [0.717, 1.165) is 16.8 Å². The summed E-state index contributed by atoms with van der Waals surface area (Å²) in [6.45, 7) is 0.323. The van der Waals surface area contributed by atoms with Crippen LogP contribution >= 0.6 is 0 Å². The molecule has 3 rings (SSSR count). The van der Waals surface area contributed by atoms with Gasteiger partial charge in [0, 0.05) is 12.7 Å². The molecule has 1 aromatic heterocycles. The van der Waals surface area contributed by atoms with Gasteiger partial charge in [-0.15, -0.1) is 0 Å². The van der Waals surface area contributed by atoms with Crippen molar-refractivity contribution in [3.05, 3.63) is 83.7 Å².